The van der Waals surface area contributed by atoms with Crippen LogP contribution in [-0.4, -0.2) is 22.7 Å². The highest BCUT2D eigenvalue weighted by molar-refractivity contribution is 7.13. The smallest absolute Gasteiger partial charge is 0.130 e. The van der Waals surface area contributed by atoms with Crippen molar-refractivity contribution in [3.8, 4) is 27.4 Å². The Labute approximate surface area is 152 Å². The van der Waals surface area contributed by atoms with E-state index >= 15 is 0 Å². The highest BCUT2D eigenvalue weighted by atomic mass is 32.1. The van der Waals surface area contributed by atoms with Crippen LogP contribution in [0.15, 0.2) is 47.8 Å². The standard InChI is InChI=1S/C21H22N2OS/c1-14-7-8-19(24)17(11-14)18-12-16(20-6-4-10-25-20)13-21(22-18)23-9-3-5-15(23)2/h4,6-8,10-13,15,24H,3,5,9H2,1-2H3. The molecule has 3 heterocycles. The van der Waals surface area contributed by atoms with Crippen molar-refractivity contribution in [1.82, 2.24) is 4.98 Å². The van der Waals surface area contributed by atoms with Gasteiger partial charge in [0.2, 0.25) is 0 Å². The van der Waals surface area contributed by atoms with E-state index in [1.165, 1.54) is 17.7 Å². The first-order chi connectivity index (χ1) is 12.1. The van der Waals surface area contributed by atoms with Crippen LogP contribution in [0.4, 0.5) is 5.82 Å². The number of hydrogen-bond donors (Lipinski definition) is 1. The van der Waals surface area contributed by atoms with Gasteiger partial charge in [0.15, 0.2) is 0 Å². The van der Waals surface area contributed by atoms with Gasteiger partial charge in [0.1, 0.15) is 11.6 Å². The van der Waals surface area contributed by atoms with Crippen molar-refractivity contribution in [1.29, 1.82) is 0 Å². The third-order valence-electron chi connectivity index (χ3n) is 4.89. The van der Waals surface area contributed by atoms with Crippen molar-refractivity contribution >= 4 is 17.2 Å². The third-order valence-corrected chi connectivity index (χ3v) is 5.81. The molecule has 25 heavy (non-hydrogen) atoms. The van der Waals surface area contributed by atoms with Gasteiger partial charge in [0.05, 0.1) is 5.69 Å². The average molecular weight is 350 g/mol. The van der Waals surface area contributed by atoms with Crippen molar-refractivity contribution < 1.29 is 5.11 Å². The summed E-state index contributed by atoms with van der Waals surface area (Å²) < 4.78 is 0. The summed E-state index contributed by atoms with van der Waals surface area (Å²) in [6, 6.07) is 14.7. The Hall–Kier alpha value is -2.33. The maximum Gasteiger partial charge on any atom is 0.130 e. The molecule has 1 aromatic carbocycles. The molecule has 1 fully saturated rings. The van der Waals surface area contributed by atoms with Crippen LogP contribution >= 0.6 is 11.3 Å². The number of phenols is 1. The van der Waals surface area contributed by atoms with Crippen LogP contribution in [0.25, 0.3) is 21.7 Å². The van der Waals surface area contributed by atoms with E-state index in [2.05, 4.69) is 41.5 Å². The molecule has 3 nitrogen and oxygen atoms in total. The molecule has 0 spiro atoms. The monoisotopic (exact) mass is 350 g/mol. The molecule has 4 rings (SSSR count). The zero-order valence-electron chi connectivity index (χ0n) is 14.6. The molecule has 0 bridgehead atoms. The predicted octanol–water partition coefficient (Wildman–Crippen LogP) is 5.48. The lowest BCUT2D eigenvalue weighted by Crippen LogP contribution is -2.27. The number of anilines is 1. The molecule has 0 aliphatic carbocycles. The van der Waals surface area contributed by atoms with Gasteiger partial charge in [-0.15, -0.1) is 11.3 Å². The van der Waals surface area contributed by atoms with E-state index in [1.807, 2.05) is 19.1 Å². The van der Waals surface area contributed by atoms with E-state index in [4.69, 9.17) is 4.98 Å². The fraction of sp³-hybridized carbons (Fsp3) is 0.286. The molecule has 1 atom stereocenters. The Kier molecular flexibility index (Phi) is 4.22. The van der Waals surface area contributed by atoms with Gasteiger partial charge in [-0.2, -0.15) is 0 Å². The number of aromatic nitrogens is 1. The van der Waals surface area contributed by atoms with Crippen LogP contribution in [-0.2, 0) is 0 Å². The second kappa shape index (κ2) is 6.52. The largest absolute Gasteiger partial charge is 0.507 e. The van der Waals surface area contributed by atoms with Gasteiger partial charge >= 0.3 is 0 Å². The lowest BCUT2D eigenvalue weighted by molar-refractivity contribution is 0.477. The number of thiophene rings is 1. The van der Waals surface area contributed by atoms with Crippen LogP contribution in [0.3, 0.4) is 0 Å². The van der Waals surface area contributed by atoms with Gasteiger partial charge in [-0.1, -0.05) is 17.7 Å². The Bertz CT molecular complexity index is 889. The number of pyridine rings is 1. The number of benzene rings is 1. The van der Waals surface area contributed by atoms with Crippen molar-refractivity contribution in [3.63, 3.8) is 0 Å². The van der Waals surface area contributed by atoms with Crippen LogP contribution < -0.4 is 4.90 Å². The number of aromatic hydroxyl groups is 1. The predicted molar refractivity (Wildman–Crippen MR) is 105 cm³/mol. The first-order valence-corrected chi connectivity index (χ1v) is 9.62. The molecule has 1 N–H and O–H groups in total. The van der Waals surface area contributed by atoms with Gasteiger partial charge in [0, 0.05) is 23.0 Å². The quantitative estimate of drug-likeness (QED) is 0.679. The molecular formula is C21H22N2OS. The summed E-state index contributed by atoms with van der Waals surface area (Å²) in [6.45, 7) is 5.34. The number of hydrogen-bond acceptors (Lipinski definition) is 4. The Morgan fingerprint density at radius 2 is 2.08 bits per heavy atom. The van der Waals surface area contributed by atoms with Gasteiger partial charge in [-0.05, 0) is 68.0 Å². The Balaban J connectivity index is 1.88. The SMILES string of the molecule is Cc1ccc(O)c(-c2cc(-c3cccs3)cc(N3CCCC3C)n2)c1. The average Bonchev–Trinajstić information content (AvgIpc) is 3.28. The van der Waals surface area contributed by atoms with Crippen LogP contribution in [0.5, 0.6) is 5.75 Å². The molecule has 3 aromatic rings. The number of aryl methyl sites for hydroxylation is 1. The van der Waals surface area contributed by atoms with E-state index < -0.39 is 0 Å². The molecule has 0 saturated carbocycles. The molecule has 4 heteroatoms. The van der Waals surface area contributed by atoms with Crippen molar-refractivity contribution in [2.75, 3.05) is 11.4 Å². The molecular weight excluding hydrogens is 328 g/mol. The lowest BCUT2D eigenvalue weighted by Gasteiger charge is -2.24. The normalized spacial score (nSPS) is 17.2. The maximum atomic E-state index is 10.4. The zero-order valence-corrected chi connectivity index (χ0v) is 15.4. The minimum Gasteiger partial charge on any atom is -0.507 e. The molecule has 1 aliphatic heterocycles. The Morgan fingerprint density at radius 1 is 1.20 bits per heavy atom. The second-order valence-corrected chi connectivity index (χ2v) is 7.73. The van der Waals surface area contributed by atoms with E-state index in [1.54, 1.807) is 17.4 Å². The van der Waals surface area contributed by atoms with E-state index in [0.717, 1.165) is 34.7 Å². The van der Waals surface area contributed by atoms with E-state index in [-0.39, 0.29) is 5.75 Å². The molecule has 1 unspecified atom stereocenters. The lowest BCUT2D eigenvalue weighted by atomic mass is 10.0. The van der Waals surface area contributed by atoms with Gasteiger partial charge in [-0.3, -0.25) is 0 Å². The topological polar surface area (TPSA) is 36.4 Å². The van der Waals surface area contributed by atoms with Crippen molar-refractivity contribution in [2.24, 2.45) is 0 Å². The summed E-state index contributed by atoms with van der Waals surface area (Å²) in [4.78, 5) is 8.53. The minimum absolute atomic E-state index is 0.279. The highest BCUT2D eigenvalue weighted by Crippen LogP contribution is 2.36. The maximum absolute atomic E-state index is 10.4. The molecule has 0 radical (unpaired) electrons. The van der Waals surface area contributed by atoms with Crippen molar-refractivity contribution in [2.45, 2.75) is 32.7 Å². The minimum atomic E-state index is 0.279. The summed E-state index contributed by atoms with van der Waals surface area (Å²) in [6.07, 6.45) is 2.41. The first kappa shape index (κ1) is 16.2. The molecule has 0 amide bonds. The summed E-state index contributed by atoms with van der Waals surface area (Å²) in [5.41, 5.74) is 3.91. The van der Waals surface area contributed by atoms with Crippen molar-refractivity contribution in [3.05, 3.63) is 53.4 Å². The molecule has 2 aromatic heterocycles. The number of nitrogens with zero attached hydrogens (tertiary/aromatic N) is 2. The van der Waals surface area contributed by atoms with Crippen LogP contribution in [0.1, 0.15) is 25.3 Å². The van der Waals surface area contributed by atoms with Crippen LogP contribution in [0.2, 0.25) is 0 Å². The number of phenolic OH excluding ortho intramolecular Hbond substituents is 1. The Morgan fingerprint density at radius 3 is 2.80 bits per heavy atom. The number of rotatable bonds is 3. The summed E-state index contributed by atoms with van der Waals surface area (Å²) in [5.74, 6) is 1.29. The van der Waals surface area contributed by atoms with E-state index in [0.29, 0.717) is 6.04 Å². The summed E-state index contributed by atoms with van der Waals surface area (Å²) >= 11 is 1.73. The van der Waals surface area contributed by atoms with Gasteiger partial charge in [0.25, 0.3) is 0 Å². The van der Waals surface area contributed by atoms with Crippen LogP contribution in [0, 0.1) is 6.92 Å². The van der Waals surface area contributed by atoms with Gasteiger partial charge in [-0.25, -0.2) is 4.98 Å². The second-order valence-electron chi connectivity index (χ2n) is 6.78. The third kappa shape index (κ3) is 3.14. The fourth-order valence-electron chi connectivity index (χ4n) is 3.51. The van der Waals surface area contributed by atoms with Gasteiger partial charge < -0.3 is 10.0 Å². The summed E-state index contributed by atoms with van der Waals surface area (Å²) in [5, 5.41) is 12.5. The highest BCUT2D eigenvalue weighted by Gasteiger charge is 2.23. The fourth-order valence-corrected chi connectivity index (χ4v) is 4.23. The molecule has 128 valence electrons. The van der Waals surface area contributed by atoms with E-state index in [9.17, 15) is 5.11 Å². The molecule has 1 saturated heterocycles. The molecule has 1 aliphatic rings. The zero-order chi connectivity index (χ0) is 17.4. The first-order valence-electron chi connectivity index (χ1n) is 8.74. The summed E-state index contributed by atoms with van der Waals surface area (Å²) in [7, 11) is 0.